The Balaban J connectivity index is 0.000000509. The number of carboxylic acids is 2. The topological polar surface area (TPSA) is 112 Å². The molecule has 1 aromatic carbocycles. The molecule has 0 spiro atoms. The van der Waals surface area contributed by atoms with Gasteiger partial charge in [-0.1, -0.05) is 0 Å². The number of hydrogen-bond acceptors (Lipinski definition) is 6. The highest BCUT2D eigenvalue weighted by atomic mass is 19.1. The lowest BCUT2D eigenvalue weighted by Crippen LogP contribution is -2.47. The number of methoxy groups -OCH3 is 1. The van der Waals surface area contributed by atoms with Gasteiger partial charge in [-0.15, -0.1) is 0 Å². The molecule has 35 heavy (non-hydrogen) atoms. The summed E-state index contributed by atoms with van der Waals surface area (Å²) in [5.41, 5.74) is 4.06. The summed E-state index contributed by atoms with van der Waals surface area (Å²) in [7, 11) is 1.61. The number of carbonyl (C=O) groups is 3. The molecule has 0 radical (unpaired) electrons. The summed E-state index contributed by atoms with van der Waals surface area (Å²) in [6, 6.07) is 7.30. The van der Waals surface area contributed by atoms with Gasteiger partial charge in [-0.3, -0.25) is 14.6 Å². The van der Waals surface area contributed by atoms with E-state index in [0.29, 0.717) is 19.1 Å². The molecule has 2 aromatic rings. The number of benzene rings is 1. The molecule has 2 heterocycles. The molecular formula is C25H32FN3O6. The molecular weight excluding hydrogens is 457 g/mol. The number of hydrogen-bond donors (Lipinski definition) is 2. The highest BCUT2D eigenvalue weighted by Crippen LogP contribution is 2.38. The van der Waals surface area contributed by atoms with Crippen molar-refractivity contribution in [1.29, 1.82) is 0 Å². The fraction of sp³-hybridized carbons (Fsp3) is 0.480. The third-order valence-corrected chi connectivity index (χ3v) is 6.35. The Morgan fingerprint density at radius 2 is 1.60 bits per heavy atom. The molecule has 0 bridgehead atoms. The highest BCUT2D eigenvalue weighted by molar-refractivity contribution is 6.27. The Morgan fingerprint density at radius 3 is 2.14 bits per heavy atom. The van der Waals surface area contributed by atoms with E-state index >= 15 is 0 Å². The molecule has 1 saturated carbocycles. The zero-order chi connectivity index (χ0) is 25.7. The number of aryl methyl sites for hydroxylation is 1. The van der Waals surface area contributed by atoms with E-state index < -0.39 is 11.9 Å². The van der Waals surface area contributed by atoms with Crippen LogP contribution >= 0.6 is 0 Å². The minimum atomic E-state index is -1.82. The largest absolute Gasteiger partial charge is 0.496 e. The van der Waals surface area contributed by atoms with Gasteiger partial charge in [0, 0.05) is 61.3 Å². The summed E-state index contributed by atoms with van der Waals surface area (Å²) >= 11 is 0. The number of rotatable bonds is 7. The third kappa shape index (κ3) is 6.89. The third-order valence-electron chi connectivity index (χ3n) is 6.35. The molecule has 0 amide bonds. The monoisotopic (exact) mass is 489 g/mol. The summed E-state index contributed by atoms with van der Waals surface area (Å²) in [6.45, 7) is 8.68. The van der Waals surface area contributed by atoms with Crippen LogP contribution in [-0.2, 0) is 16.1 Å². The Morgan fingerprint density at radius 1 is 1.00 bits per heavy atom. The zero-order valence-corrected chi connectivity index (χ0v) is 20.3. The first-order valence-electron chi connectivity index (χ1n) is 11.6. The maximum Gasteiger partial charge on any atom is 0.414 e. The number of nitrogens with zero attached hydrogens (tertiary/aromatic N) is 3. The van der Waals surface area contributed by atoms with Crippen LogP contribution in [0.15, 0.2) is 24.3 Å². The van der Waals surface area contributed by atoms with Crippen LogP contribution in [-0.4, -0.2) is 82.1 Å². The van der Waals surface area contributed by atoms with E-state index in [9.17, 15) is 9.18 Å². The van der Waals surface area contributed by atoms with Crippen molar-refractivity contribution < 1.29 is 33.7 Å². The molecule has 1 saturated heterocycles. The average molecular weight is 490 g/mol. The zero-order valence-electron chi connectivity index (χ0n) is 20.3. The van der Waals surface area contributed by atoms with Crippen LogP contribution in [0.1, 0.15) is 46.2 Å². The Labute approximate surface area is 203 Å². The van der Waals surface area contributed by atoms with Crippen molar-refractivity contribution in [3.63, 3.8) is 0 Å². The molecule has 9 nitrogen and oxygen atoms in total. The number of Topliss-reactive ketones (excluding diaryl/α,β-unsaturated/α-hetero) is 1. The number of halogens is 1. The summed E-state index contributed by atoms with van der Waals surface area (Å²) in [5, 5.41) is 14.8. The molecule has 2 aliphatic rings. The lowest BCUT2D eigenvalue weighted by Gasteiger charge is -2.34. The van der Waals surface area contributed by atoms with Crippen LogP contribution in [0, 0.1) is 19.7 Å². The standard InChI is InChI=1S/C23H30FN3O2.C2H2O4/c1-16-12-21(17(2)27(16)20-5-6-20)22(28)15-26-10-8-25(9-11-26)14-18-13-19(24)4-7-23(18)29-3;3-1(4)2(5)6/h4,7,12-13,20H,5-6,8-11,14-15H2,1-3H3;(H,3,4)(H,5,6). The predicted octanol–water partition coefficient (Wildman–Crippen LogP) is 2.74. The Bertz CT molecular complexity index is 1080. The Kier molecular flexibility index (Phi) is 8.63. The number of carbonyl (C=O) groups excluding carboxylic acids is 1. The van der Waals surface area contributed by atoms with E-state index in [4.69, 9.17) is 24.5 Å². The fourth-order valence-corrected chi connectivity index (χ4v) is 4.46. The summed E-state index contributed by atoms with van der Waals surface area (Å²) in [5.74, 6) is -2.96. The molecule has 2 N–H and O–H groups in total. The van der Waals surface area contributed by atoms with Gasteiger partial charge in [-0.05, 0) is 51.0 Å². The Hall–Kier alpha value is -3.24. The van der Waals surface area contributed by atoms with Crippen molar-refractivity contribution >= 4 is 17.7 Å². The number of ketones is 1. The van der Waals surface area contributed by atoms with Gasteiger partial charge in [-0.25, -0.2) is 14.0 Å². The molecule has 1 aromatic heterocycles. The van der Waals surface area contributed by atoms with Gasteiger partial charge in [0.1, 0.15) is 11.6 Å². The second kappa shape index (κ2) is 11.5. The van der Waals surface area contributed by atoms with Crippen LogP contribution in [0.3, 0.4) is 0 Å². The van der Waals surface area contributed by atoms with E-state index in [2.05, 4.69) is 34.3 Å². The predicted molar refractivity (Wildman–Crippen MR) is 126 cm³/mol. The van der Waals surface area contributed by atoms with Gasteiger partial charge in [0.05, 0.1) is 13.7 Å². The van der Waals surface area contributed by atoms with Crippen LogP contribution in [0.5, 0.6) is 5.75 Å². The van der Waals surface area contributed by atoms with Crippen LogP contribution in [0.25, 0.3) is 0 Å². The molecule has 1 aliphatic heterocycles. The fourth-order valence-electron chi connectivity index (χ4n) is 4.46. The van der Waals surface area contributed by atoms with Crippen LogP contribution < -0.4 is 4.74 Å². The smallest absolute Gasteiger partial charge is 0.414 e. The van der Waals surface area contributed by atoms with E-state index in [-0.39, 0.29) is 11.6 Å². The van der Waals surface area contributed by atoms with Crippen LogP contribution in [0.4, 0.5) is 4.39 Å². The van der Waals surface area contributed by atoms with Crippen molar-refractivity contribution in [2.45, 2.75) is 39.3 Å². The average Bonchev–Trinajstić information content (AvgIpc) is 3.59. The number of carboxylic acid groups (broad SMARTS) is 2. The van der Waals surface area contributed by atoms with Gasteiger partial charge < -0.3 is 19.5 Å². The maximum absolute atomic E-state index is 13.6. The van der Waals surface area contributed by atoms with Crippen molar-refractivity contribution in [3.8, 4) is 5.75 Å². The first kappa shape index (κ1) is 26.4. The van der Waals surface area contributed by atoms with Gasteiger partial charge in [0.15, 0.2) is 5.78 Å². The molecule has 2 fully saturated rings. The minimum Gasteiger partial charge on any atom is -0.496 e. The van der Waals surface area contributed by atoms with Crippen molar-refractivity contribution in [1.82, 2.24) is 14.4 Å². The molecule has 1 aliphatic carbocycles. The molecule has 10 heteroatoms. The molecule has 4 rings (SSSR count). The lowest BCUT2D eigenvalue weighted by atomic mass is 10.1. The van der Waals surface area contributed by atoms with Gasteiger partial charge >= 0.3 is 11.9 Å². The molecule has 0 atom stereocenters. The minimum absolute atomic E-state index is 0.213. The van der Waals surface area contributed by atoms with Gasteiger partial charge in [0.2, 0.25) is 0 Å². The first-order valence-corrected chi connectivity index (χ1v) is 11.6. The lowest BCUT2D eigenvalue weighted by molar-refractivity contribution is -0.159. The number of aliphatic carboxylic acids is 2. The normalized spacial score (nSPS) is 16.3. The van der Waals surface area contributed by atoms with Gasteiger partial charge in [-0.2, -0.15) is 0 Å². The van der Waals surface area contributed by atoms with E-state index in [0.717, 1.165) is 48.7 Å². The summed E-state index contributed by atoms with van der Waals surface area (Å²) < 4.78 is 21.3. The van der Waals surface area contributed by atoms with Crippen molar-refractivity contribution in [2.24, 2.45) is 0 Å². The van der Waals surface area contributed by atoms with Crippen molar-refractivity contribution in [2.75, 3.05) is 39.8 Å². The van der Waals surface area contributed by atoms with Crippen LogP contribution in [0.2, 0.25) is 0 Å². The molecule has 190 valence electrons. The second-order valence-corrected chi connectivity index (χ2v) is 8.93. The van der Waals surface area contributed by atoms with Crippen molar-refractivity contribution in [3.05, 3.63) is 52.6 Å². The van der Waals surface area contributed by atoms with E-state index in [1.165, 1.54) is 24.6 Å². The quantitative estimate of drug-likeness (QED) is 0.451. The summed E-state index contributed by atoms with van der Waals surface area (Å²) in [4.78, 5) is 35.6. The van der Waals surface area contributed by atoms with E-state index in [1.807, 2.05) is 0 Å². The highest BCUT2D eigenvalue weighted by Gasteiger charge is 2.29. The summed E-state index contributed by atoms with van der Waals surface area (Å²) in [6.07, 6.45) is 2.45. The first-order chi connectivity index (χ1) is 16.6. The van der Waals surface area contributed by atoms with E-state index in [1.54, 1.807) is 19.2 Å². The number of ether oxygens (including phenoxy) is 1. The molecule has 0 unspecified atom stereocenters. The van der Waals surface area contributed by atoms with Gasteiger partial charge in [0.25, 0.3) is 0 Å². The number of aromatic nitrogens is 1. The second-order valence-electron chi connectivity index (χ2n) is 8.93. The maximum atomic E-state index is 13.6. The number of piperazine rings is 1. The SMILES string of the molecule is COc1ccc(F)cc1CN1CCN(CC(=O)c2cc(C)n(C3CC3)c2C)CC1.O=C(O)C(=O)O.